The van der Waals surface area contributed by atoms with Crippen molar-refractivity contribution in [3.8, 4) is 16.9 Å². The second-order valence-electron chi connectivity index (χ2n) is 6.64. The molecule has 0 spiro atoms. The molecular formula is C21H22N4O3. The lowest BCUT2D eigenvalue weighted by molar-refractivity contribution is -0.384. The molecule has 0 aliphatic rings. The number of nitrogens with zero attached hydrogens (tertiary/aromatic N) is 3. The van der Waals surface area contributed by atoms with Crippen molar-refractivity contribution in [3.05, 3.63) is 76.5 Å². The van der Waals surface area contributed by atoms with Gasteiger partial charge in [-0.15, -0.1) is 0 Å². The molecule has 0 radical (unpaired) electrons. The first-order valence-electron chi connectivity index (χ1n) is 9.16. The van der Waals surface area contributed by atoms with Gasteiger partial charge in [-0.3, -0.25) is 14.9 Å². The largest absolute Gasteiger partial charge is 0.353 e. The van der Waals surface area contributed by atoms with Crippen LogP contribution in [0.3, 0.4) is 0 Å². The molecule has 0 saturated heterocycles. The minimum atomic E-state index is -0.438. The van der Waals surface area contributed by atoms with Gasteiger partial charge in [-0.25, -0.2) is 4.68 Å². The molecule has 0 aliphatic heterocycles. The zero-order valence-electron chi connectivity index (χ0n) is 15.8. The zero-order valence-corrected chi connectivity index (χ0v) is 15.8. The average molecular weight is 378 g/mol. The van der Waals surface area contributed by atoms with E-state index in [0.717, 1.165) is 23.2 Å². The van der Waals surface area contributed by atoms with Crippen LogP contribution in [0.4, 0.5) is 5.69 Å². The van der Waals surface area contributed by atoms with Crippen LogP contribution in [0.2, 0.25) is 0 Å². The number of hydrogen-bond donors (Lipinski definition) is 1. The molecular weight excluding hydrogens is 356 g/mol. The van der Waals surface area contributed by atoms with Crippen LogP contribution in [0.15, 0.2) is 60.8 Å². The third kappa shape index (κ3) is 4.43. The van der Waals surface area contributed by atoms with E-state index in [1.165, 1.54) is 12.1 Å². The van der Waals surface area contributed by atoms with Crippen molar-refractivity contribution >= 4 is 11.6 Å². The molecule has 1 unspecified atom stereocenters. The third-order valence-corrected chi connectivity index (χ3v) is 4.53. The lowest BCUT2D eigenvalue weighted by atomic mass is 10.1. The number of aromatic nitrogens is 2. The molecule has 0 saturated carbocycles. The average Bonchev–Trinajstić information content (AvgIpc) is 3.12. The van der Waals surface area contributed by atoms with E-state index in [-0.39, 0.29) is 24.1 Å². The Morgan fingerprint density at radius 3 is 2.46 bits per heavy atom. The monoisotopic (exact) mass is 378 g/mol. The third-order valence-electron chi connectivity index (χ3n) is 4.53. The van der Waals surface area contributed by atoms with Gasteiger partial charge in [0.1, 0.15) is 0 Å². The molecule has 1 atom stereocenters. The number of rotatable bonds is 7. The van der Waals surface area contributed by atoms with Crippen molar-refractivity contribution in [3.63, 3.8) is 0 Å². The smallest absolute Gasteiger partial charge is 0.269 e. The van der Waals surface area contributed by atoms with Gasteiger partial charge in [0.25, 0.3) is 5.69 Å². The van der Waals surface area contributed by atoms with Crippen LogP contribution < -0.4 is 5.32 Å². The van der Waals surface area contributed by atoms with E-state index < -0.39 is 4.92 Å². The number of non-ortho nitro benzene ring substituents is 1. The SMILES string of the molecule is CCC(C)NC(=O)Cc1cn(-c2ccccc2)nc1-c1ccc([N+](=O)[O-])cc1. The number of nitro benzene ring substituents is 1. The van der Waals surface area contributed by atoms with Crippen LogP contribution >= 0.6 is 0 Å². The Labute approximate surface area is 163 Å². The summed E-state index contributed by atoms with van der Waals surface area (Å²) in [4.78, 5) is 22.9. The Bertz CT molecular complexity index is 965. The predicted molar refractivity (Wildman–Crippen MR) is 107 cm³/mol. The van der Waals surface area contributed by atoms with Crippen molar-refractivity contribution < 1.29 is 9.72 Å². The highest BCUT2D eigenvalue weighted by molar-refractivity contribution is 5.81. The fourth-order valence-corrected chi connectivity index (χ4v) is 2.84. The van der Waals surface area contributed by atoms with Crippen LogP contribution in [-0.2, 0) is 11.2 Å². The van der Waals surface area contributed by atoms with Gasteiger partial charge in [-0.05, 0) is 37.6 Å². The maximum Gasteiger partial charge on any atom is 0.269 e. The minimum absolute atomic E-state index is 0.0160. The second-order valence-corrected chi connectivity index (χ2v) is 6.64. The van der Waals surface area contributed by atoms with E-state index >= 15 is 0 Å². The Kier molecular flexibility index (Phi) is 5.84. The Morgan fingerprint density at radius 2 is 1.86 bits per heavy atom. The molecule has 144 valence electrons. The molecule has 7 heteroatoms. The highest BCUT2D eigenvalue weighted by Gasteiger charge is 2.17. The van der Waals surface area contributed by atoms with Crippen molar-refractivity contribution in [1.29, 1.82) is 0 Å². The molecule has 0 bridgehead atoms. The summed E-state index contributed by atoms with van der Waals surface area (Å²) in [6, 6.07) is 15.9. The topological polar surface area (TPSA) is 90.1 Å². The van der Waals surface area contributed by atoms with Gasteiger partial charge in [0.2, 0.25) is 5.91 Å². The van der Waals surface area contributed by atoms with Crippen LogP contribution in [0, 0.1) is 10.1 Å². The quantitative estimate of drug-likeness (QED) is 0.499. The van der Waals surface area contributed by atoms with Gasteiger partial charge >= 0.3 is 0 Å². The van der Waals surface area contributed by atoms with E-state index in [4.69, 9.17) is 0 Å². The van der Waals surface area contributed by atoms with E-state index in [1.54, 1.807) is 16.8 Å². The molecule has 7 nitrogen and oxygen atoms in total. The second kappa shape index (κ2) is 8.47. The van der Waals surface area contributed by atoms with Crippen molar-refractivity contribution in [2.45, 2.75) is 32.7 Å². The summed E-state index contributed by atoms with van der Waals surface area (Å²) in [7, 11) is 0. The standard InChI is InChI=1S/C21H22N4O3/c1-3-15(2)22-20(26)13-17-14-24(18-7-5-4-6-8-18)23-21(17)16-9-11-19(12-10-16)25(27)28/h4-12,14-15H,3,13H2,1-2H3,(H,22,26). The summed E-state index contributed by atoms with van der Waals surface area (Å²) in [5, 5.41) is 18.5. The zero-order chi connectivity index (χ0) is 20.1. The minimum Gasteiger partial charge on any atom is -0.353 e. The highest BCUT2D eigenvalue weighted by Crippen LogP contribution is 2.26. The number of para-hydroxylation sites is 1. The first-order chi connectivity index (χ1) is 13.5. The molecule has 2 aromatic carbocycles. The van der Waals surface area contributed by atoms with E-state index in [1.807, 2.05) is 50.4 Å². The number of nitro groups is 1. The number of amides is 1. The van der Waals surface area contributed by atoms with Gasteiger partial charge in [-0.1, -0.05) is 25.1 Å². The number of benzene rings is 2. The summed E-state index contributed by atoms with van der Waals surface area (Å²) in [5.74, 6) is -0.0786. The molecule has 3 aromatic rings. The fourth-order valence-electron chi connectivity index (χ4n) is 2.84. The molecule has 3 rings (SSSR count). The Balaban J connectivity index is 1.97. The molecule has 28 heavy (non-hydrogen) atoms. The van der Waals surface area contributed by atoms with E-state index in [0.29, 0.717) is 5.69 Å². The molecule has 0 fully saturated rings. The summed E-state index contributed by atoms with van der Waals surface area (Å²) in [5.41, 5.74) is 3.02. The molecule has 1 heterocycles. The lowest BCUT2D eigenvalue weighted by Gasteiger charge is -2.11. The van der Waals surface area contributed by atoms with Gasteiger partial charge in [0, 0.05) is 35.5 Å². The number of carbonyl (C=O) groups is 1. The van der Waals surface area contributed by atoms with Crippen LogP contribution in [0.5, 0.6) is 0 Å². The van der Waals surface area contributed by atoms with E-state index in [2.05, 4.69) is 10.4 Å². The van der Waals surface area contributed by atoms with Crippen molar-refractivity contribution in [2.24, 2.45) is 0 Å². The van der Waals surface area contributed by atoms with Gasteiger partial charge in [0.05, 0.1) is 22.7 Å². The first kappa shape index (κ1) is 19.3. The Hall–Kier alpha value is -3.48. The highest BCUT2D eigenvalue weighted by atomic mass is 16.6. The number of carbonyl (C=O) groups excluding carboxylic acids is 1. The van der Waals surface area contributed by atoms with Gasteiger partial charge in [-0.2, -0.15) is 5.10 Å². The van der Waals surface area contributed by atoms with Gasteiger partial charge in [0.15, 0.2) is 0 Å². The Morgan fingerprint density at radius 1 is 1.18 bits per heavy atom. The number of hydrogen-bond acceptors (Lipinski definition) is 4. The fraction of sp³-hybridized carbons (Fsp3) is 0.238. The predicted octanol–water partition coefficient (Wildman–Crippen LogP) is 3.90. The van der Waals surface area contributed by atoms with E-state index in [9.17, 15) is 14.9 Å². The molecule has 1 aromatic heterocycles. The normalized spacial score (nSPS) is 11.8. The maximum absolute atomic E-state index is 12.4. The summed E-state index contributed by atoms with van der Waals surface area (Å²) in [6.07, 6.45) is 2.87. The van der Waals surface area contributed by atoms with Crippen LogP contribution in [-0.4, -0.2) is 26.7 Å². The maximum atomic E-state index is 12.4. The number of nitrogens with one attached hydrogen (secondary N) is 1. The van der Waals surface area contributed by atoms with Crippen LogP contribution in [0.25, 0.3) is 16.9 Å². The molecule has 1 N–H and O–H groups in total. The summed E-state index contributed by atoms with van der Waals surface area (Å²) < 4.78 is 1.72. The van der Waals surface area contributed by atoms with Crippen molar-refractivity contribution in [2.75, 3.05) is 0 Å². The summed E-state index contributed by atoms with van der Waals surface area (Å²) in [6.45, 7) is 3.98. The van der Waals surface area contributed by atoms with Crippen molar-refractivity contribution in [1.82, 2.24) is 15.1 Å². The first-order valence-corrected chi connectivity index (χ1v) is 9.16. The van der Waals surface area contributed by atoms with Crippen LogP contribution in [0.1, 0.15) is 25.8 Å². The molecule has 1 amide bonds. The van der Waals surface area contributed by atoms with Gasteiger partial charge < -0.3 is 5.32 Å². The summed E-state index contributed by atoms with van der Waals surface area (Å²) >= 11 is 0. The molecule has 0 aliphatic carbocycles. The lowest BCUT2D eigenvalue weighted by Crippen LogP contribution is -2.33.